The lowest BCUT2D eigenvalue weighted by Crippen LogP contribution is -2.47. The number of hydrogen-bond acceptors (Lipinski definition) is 4. The Hall–Kier alpha value is -1.38. The Labute approximate surface area is 149 Å². The highest BCUT2D eigenvalue weighted by atomic mass is 32.2. The summed E-state index contributed by atoms with van der Waals surface area (Å²) < 4.78 is 45.7. The fourth-order valence-electron chi connectivity index (χ4n) is 2.69. The highest BCUT2D eigenvalue weighted by Crippen LogP contribution is 2.36. The average molecular weight is 379 g/mol. The molecule has 142 valence electrons. The van der Waals surface area contributed by atoms with E-state index in [2.05, 4.69) is 5.10 Å². The smallest absolute Gasteiger partial charge is 0.436 e. The number of aromatic nitrogens is 2. The molecule has 2 rings (SSSR count). The van der Waals surface area contributed by atoms with Crippen molar-refractivity contribution in [3.05, 3.63) is 11.9 Å². The first-order chi connectivity index (χ1) is 11.5. The molecule has 2 heterocycles. The second-order valence-electron chi connectivity index (χ2n) is 7.15. The van der Waals surface area contributed by atoms with Crippen molar-refractivity contribution in [1.82, 2.24) is 14.7 Å². The quantitative estimate of drug-likeness (QED) is 0.734. The van der Waals surface area contributed by atoms with Gasteiger partial charge in [-0.05, 0) is 40.0 Å². The zero-order chi connectivity index (χ0) is 18.8. The van der Waals surface area contributed by atoms with E-state index < -0.39 is 23.6 Å². The summed E-state index contributed by atoms with van der Waals surface area (Å²) in [6.45, 7) is 5.96. The van der Waals surface area contributed by atoms with Crippen LogP contribution in [-0.4, -0.2) is 44.7 Å². The van der Waals surface area contributed by atoms with Gasteiger partial charge < -0.3 is 9.64 Å². The van der Waals surface area contributed by atoms with E-state index in [4.69, 9.17) is 4.74 Å². The zero-order valence-corrected chi connectivity index (χ0v) is 15.7. The summed E-state index contributed by atoms with van der Waals surface area (Å²) in [5.74, 6) is 0.383. The van der Waals surface area contributed by atoms with E-state index in [1.54, 1.807) is 25.7 Å². The fourth-order valence-corrected chi connectivity index (χ4v) is 3.93. The van der Waals surface area contributed by atoms with Crippen LogP contribution in [0.5, 0.6) is 0 Å². The molecule has 1 aromatic rings. The predicted molar refractivity (Wildman–Crippen MR) is 89.5 cm³/mol. The lowest BCUT2D eigenvalue weighted by atomic mass is 10.0. The molecule has 0 spiro atoms. The molecule has 0 saturated carbocycles. The van der Waals surface area contributed by atoms with Crippen molar-refractivity contribution in [2.24, 2.45) is 7.05 Å². The number of rotatable bonds is 3. The number of amides is 1. The highest BCUT2D eigenvalue weighted by Gasteiger charge is 2.38. The molecule has 1 fully saturated rings. The standard InChI is InChI=1S/C16H24F3N3O2S/c1-15(2,3)24-14(23)22-8-6-5-7-11(22)10-25-12-9-21(4)20-13(12)16(17,18)19/h9,11H,5-8,10H2,1-4H3. The van der Waals surface area contributed by atoms with Crippen LogP contribution in [0.2, 0.25) is 0 Å². The summed E-state index contributed by atoms with van der Waals surface area (Å²) in [5.41, 5.74) is -1.47. The molecule has 1 amide bonds. The van der Waals surface area contributed by atoms with Gasteiger partial charge in [-0.3, -0.25) is 4.68 Å². The minimum atomic E-state index is -4.49. The first kappa shape index (κ1) is 19.9. The molecule has 1 aliphatic heterocycles. The monoisotopic (exact) mass is 379 g/mol. The second kappa shape index (κ2) is 7.47. The van der Waals surface area contributed by atoms with Crippen molar-refractivity contribution in [2.75, 3.05) is 12.3 Å². The fraction of sp³-hybridized carbons (Fsp3) is 0.750. The maximum Gasteiger partial charge on any atom is 0.436 e. The Bertz CT molecular complexity index is 611. The Morgan fingerprint density at radius 3 is 2.64 bits per heavy atom. The van der Waals surface area contributed by atoms with Crippen molar-refractivity contribution in [2.45, 2.75) is 62.7 Å². The number of alkyl halides is 3. The third kappa shape index (κ3) is 5.55. The molecule has 0 aliphatic carbocycles. The molecule has 0 bridgehead atoms. The number of nitrogens with zero attached hydrogens (tertiary/aromatic N) is 3. The van der Waals surface area contributed by atoms with Gasteiger partial charge in [-0.25, -0.2) is 4.79 Å². The molecular weight excluding hydrogens is 355 g/mol. The Kier molecular flexibility index (Phi) is 5.96. The molecule has 1 aliphatic rings. The van der Waals surface area contributed by atoms with E-state index in [-0.39, 0.29) is 10.9 Å². The van der Waals surface area contributed by atoms with Gasteiger partial charge in [-0.2, -0.15) is 18.3 Å². The van der Waals surface area contributed by atoms with Gasteiger partial charge >= 0.3 is 12.3 Å². The molecular formula is C16H24F3N3O2S. The normalized spacial score (nSPS) is 19.2. The highest BCUT2D eigenvalue weighted by molar-refractivity contribution is 7.99. The van der Waals surface area contributed by atoms with Crippen LogP contribution >= 0.6 is 11.8 Å². The minimum Gasteiger partial charge on any atom is -0.444 e. The van der Waals surface area contributed by atoms with Crippen molar-refractivity contribution in [3.8, 4) is 0 Å². The SMILES string of the molecule is Cn1cc(SCC2CCCCN2C(=O)OC(C)(C)C)c(C(F)(F)F)n1. The van der Waals surface area contributed by atoms with Crippen LogP contribution in [0.4, 0.5) is 18.0 Å². The lowest BCUT2D eigenvalue weighted by Gasteiger charge is -2.36. The number of aryl methyl sites for hydroxylation is 1. The van der Waals surface area contributed by atoms with E-state index in [9.17, 15) is 18.0 Å². The van der Waals surface area contributed by atoms with Crippen molar-refractivity contribution in [3.63, 3.8) is 0 Å². The summed E-state index contributed by atoms with van der Waals surface area (Å²) in [7, 11) is 1.47. The molecule has 9 heteroatoms. The summed E-state index contributed by atoms with van der Waals surface area (Å²) in [6, 6.07) is -0.144. The first-order valence-corrected chi connectivity index (χ1v) is 9.19. The van der Waals surface area contributed by atoms with Crippen LogP contribution in [-0.2, 0) is 18.0 Å². The number of hydrogen-bond donors (Lipinski definition) is 0. The van der Waals surface area contributed by atoms with Gasteiger partial charge in [0, 0.05) is 31.6 Å². The van der Waals surface area contributed by atoms with Crippen LogP contribution in [0.15, 0.2) is 11.1 Å². The van der Waals surface area contributed by atoms with E-state index >= 15 is 0 Å². The number of piperidine rings is 1. The summed E-state index contributed by atoms with van der Waals surface area (Å²) in [5, 5.41) is 3.51. The van der Waals surface area contributed by atoms with Crippen LogP contribution in [0.25, 0.3) is 0 Å². The predicted octanol–water partition coefficient (Wildman–Crippen LogP) is 4.32. The van der Waals surface area contributed by atoms with E-state index in [0.717, 1.165) is 35.7 Å². The number of thioether (sulfide) groups is 1. The van der Waals surface area contributed by atoms with Gasteiger partial charge in [0.2, 0.25) is 0 Å². The van der Waals surface area contributed by atoms with E-state index in [1.807, 2.05) is 0 Å². The number of ether oxygens (including phenoxy) is 1. The Morgan fingerprint density at radius 1 is 1.36 bits per heavy atom. The molecule has 1 saturated heterocycles. The zero-order valence-electron chi connectivity index (χ0n) is 14.9. The summed E-state index contributed by atoms with van der Waals surface area (Å²) >= 11 is 1.09. The topological polar surface area (TPSA) is 47.4 Å². The molecule has 0 radical (unpaired) electrons. The lowest BCUT2D eigenvalue weighted by molar-refractivity contribution is -0.143. The molecule has 0 aromatic carbocycles. The number of likely N-dealkylation sites (tertiary alicyclic amines) is 1. The molecule has 0 N–H and O–H groups in total. The van der Waals surface area contributed by atoms with Gasteiger partial charge in [0.1, 0.15) is 5.60 Å². The largest absolute Gasteiger partial charge is 0.444 e. The summed E-state index contributed by atoms with van der Waals surface area (Å²) in [4.78, 5) is 14.1. The van der Waals surface area contributed by atoms with Crippen molar-refractivity contribution < 1.29 is 22.7 Å². The molecule has 1 unspecified atom stereocenters. The maximum atomic E-state index is 13.0. The average Bonchev–Trinajstić information content (AvgIpc) is 2.85. The number of carbonyl (C=O) groups is 1. The van der Waals surface area contributed by atoms with Crippen LogP contribution in [0, 0.1) is 0 Å². The van der Waals surface area contributed by atoms with Gasteiger partial charge in [0.15, 0.2) is 5.69 Å². The third-order valence-corrected chi connectivity index (χ3v) is 4.91. The van der Waals surface area contributed by atoms with E-state index in [0.29, 0.717) is 12.3 Å². The third-order valence-electron chi connectivity index (χ3n) is 3.75. The van der Waals surface area contributed by atoms with E-state index in [1.165, 1.54) is 13.2 Å². The number of halogens is 3. The molecule has 1 atom stereocenters. The van der Waals surface area contributed by atoms with Crippen LogP contribution < -0.4 is 0 Å². The maximum absolute atomic E-state index is 13.0. The minimum absolute atomic E-state index is 0.0877. The Balaban J connectivity index is 2.06. The molecule has 5 nitrogen and oxygen atoms in total. The summed E-state index contributed by atoms with van der Waals surface area (Å²) in [6.07, 6.45) is -0.937. The van der Waals surface area contributed by atoms with Crippen molar-refractivity contribution in [1.29, 1.82) is 0 Å². The van der Waals surface area contributed by atoms with Crippen LogP contribution in [0.3, 0.4) is 0 Å². The number of carbonyl (C=O) groups excluding carboxylic acids is 1. The molecule has 1 aromatic heterocycles. The Morgan fingerprint density at radius 2 is 2.04 bits per heavy atom. The van der Waals surface area contributed by atoms with Crippen LogP contribution in [0.1, 0.15) is 45.7 Å². The second-order valence-corrected chi connectivity index (χ2v) is 8.21. The van der Waals surface area contributed by atoms with Gasteiger partial charge in [0.25, 0.3) is 0 Å². The molecule has 25 heavy (non-hydrogen) atoms. The van der Waals surface area contributed by atoms with Gasteiger partial charge in [-0.1, -0.05) is 0 Å². The van der Waals surface area contributed by atoms with Gasteiger partial charge in [-0.15, -0.1) is 11.8 Å². The van der Waals surface area contributed by atoms with Crippen molar-refractivity contribution >= 4 is 17.9 Å². The first-order valence-electron chi connectivity index (χ1n) is 8.20. The van der Waals surface area contributed by atoms with Gasteiger partial charge in [0.05, 0.1) is 4.90 Å².